The van der Waals surface area contributed by atoms with E-state index in [4.69, 9.17) is 0 Å². The number of carbonyl (C=O) groups is 1. The van der Waals surface area contributed by atoms with Crippen molar-refractivity contribution in [1.82, 2.24) is 4.90 Å². The molecule has 4 heteroatoms. The predicted octanol–water partition coefficient (Wildman–Crippen LogP) is 2.73. The van der Waals surface area contributed by atoms with Gasteiger partial charge in [0.1, 0.15) is 0 Å². The third-order valence-corrected chi connectivity index (χ3v) is 4.67. The highest BCUT2D eigenvalue weighted by Gasteiger charge is 2.32. The Bertz CT molecular complexity index is 515. The van der Waals surface area contributed by atoms with Gasteiger partial charge in [0.25, 0.3) is 0 Å². The summed E-state index contributed by atoms with van der Waals surface area (Å²) in [5.41, 5.74) is 2.20. The van der Waals surface area contributed by atoms with E-state index in [2.05, 4.69) is 10.2 Å². The van der Waals surface area contributed by atoms with Crippen LogP contribution < -0.4 is 5.32 Å². The molecule has 0 bridgehead atoms. The van der Waals surface area contributed by atoms with Crippen molar-refractivity contribution >= 4 is 11.7 Å². The number of nitrogens with zero attached hydrogens (tertiary/aromatic N) is 1. The molecule has 3 rings (SSSR count). The van der Waals surface area contributed by atoms with Crippen LogP contribution >= 0.6 is 0 Å². The number of hydrogen-bond donors (Lipinski definition) is 2. The van der Waals surface area contributed by atoms with Crippen LogP contribution in [0.5, 0.6) is 0 Å². The van der Waals surface area contributed by atoms with E-state index in [1.165, 1.54) is 19.4 Å². The third-order valence-electron chi connectivity index (χ3n) is 4.67. The number of aryl methyl sites for hydroxylation is 1. The maximum Gasteiger partial charge on any atom is 0.337 e. The van der Waals surface area contributed by atoms with Crippen LogP contribution in [-0.2, 0) is 0 Å². The fourth-order valence-corrected chi connectivity index (χ4v) is 3.60. The number of fused-ring (bicyclic) bond motifs is 1. The van der Waals surface area contributed by atoms with E-state index < -0.39 is 5.97 Å². The van der Waals surface area contributed by atoms with Gasteiger partial charge in [-0.25, -0.2) is 4.79 Å². The minimum Gasteiger partial charge on any atom is -0.478 e. The third kappa shape index (κ3) is 2.52. The number of para-hydroxylation sites is 1. The van der Waals surface area contributed by atoms with Gasteiger partial charge < -0.3 is 15.3 Å². The Balaban J connectivity index is 1.76. The standard InChI is InChI=1S/C16H22N2O2/c1-11-4-2-6-14(16(19)20)15(11)17-12-7-9-18-8-3-5-13(18)10-12/h2,4,6,12-13,17H,3,5,7-10H2,1H3,(H,19,20). The number of nitrogens with one attached hydrogen (secondary N) is 1. The van der Waals surface area contributed by atoms with Crippen LogP contribution in [0.25, 0.3) is 0 Å². The average Bonchev–Trinajstić information content (AvgIpc) is 2.88. The first-order chi connectivity index (χ1) is 9.65. The van der Waals surface area contributed by atoms with Crippen molar-refractivity contribution < 1.29 is 9.90 Å². The monoisotopic (exact) mass is 274 g/mol. The zero-order valence-corrected chi connectivity index (χ0v) is 11.9. The van der Waals surface area contributed by atoms with E-state index >= 15 is 0 Å². The number of carboxylic acid groups (broad SMARTS) is 1. The number of carboxylic acids is 1. The molecule has 2 atom stereocenters. The lowest BCUT2D eigenvalue weighted by Gasteiger charge is -2.36. The van der Waals surface area contributed by atoms with Crippen molar-refractivity contribution in [1.29, 1.82) is 0 Å². The first kappa shape index (κ1) is 13.4. The summed E-state index contributed by atoms with van der Waals surface area (Å²) in [6.07, 6.45) is 4.83. The molecular weight excluding hydrogens is 252 g/mol. The largest absolute Gasteiger partial charge is 0.478 e. The van der Waals surface area contributed by atoms with E-state index in [1.807, 2.05) is 19.1 Å². The predicted molar refractivity (Wildman–Crippen MR) is 79.4 cm³/mol. The minimum atomic E-state index is -0.852. The van der Waals surface area contributed by atoms with Gasteiger partial charge in [-0.05, 0) is 50.8 Å². The molecule has 20 heavy (non-hydrogen) atoms. The van der Waals surface area contributed by atoms with Crippen molar-refractivity contribution in [2.45, 2.75) is 44.7 Å². The fourth-order valence-electron chi connectivity index (χ4n) is 3.60. The molecule has 0 aromatic heterocycles. The number of benzene rings is 1. The summed E-state index contributed by atoms with van der Waals surface area (Å²) in [5.74, 6) is -0.852. The zero-order chi connectivity index (χ0) is 14.1. The summed E-state index contributed by atoms with van der Waals surface area (Å²) < 4.78 is 0. The Kier molecular flexibility index (Phi) is 3.66. The second-order valence-electron chi connectivity index (χ2n) is 6.00. The molecule has 2 fully saturated rings. The second-order valence-corrected chi connectivity index (χ2v) is 6.00. The smallest absolute Gasteiger partial charge is 0.337 e. The zero-order valence-electron chi connectivity index (χ0n) is 11.9. The highest BCUT2D eigenvalue weighted by molar-refractivity contribution is 5.95. The lowest BCUT2D eigenvalue weighted by atomic mass is 9.96. The van der Waals surface area contributed by atoms with Gasteiger partial charge in [0.05, 0.1) is 11.3 Å². The summed E-state index contributed by atoms with van der Waals surface area (Å²) in [5, 5.41) is 12.8. The maximum absolute atomic E-state index is 11.3. The first-order valence-electron chi connectivity index (χ1n) is 7.48. The van der Waals surface area contributed by atoms with Gasteiger partial charge in [-0.3, -0.25) is 0 Å². The van der Waals surface area contributed by atoms with Gasteiger partial charge in [-0.15, -0.1) is 0 Å². The fraction of sp³-hybridized carbons (Fsp3) is 0.562. The highest BCUT2D eigenvalue weighted by atomic mass is 16.4. The summed E-state index contributed by atoms with van der Waals surface area (Å²) in [6.45, 7) is 4.35. The topological polar surface area (TPSA) is 52.6 Å². The molecule has 2 unspecified atom stereocenters. The van der Waals surface area contributed by atoms with E-state index in [0.29, 0.717) is 17.6 Å². The molecular formula is C16H22N2O2. The van der Waals surface area contributed by atoms with E-state index in [-0.39, 0.29) is 0 Å². The molecule has 0 saturated carbocycles. The average molecular weight is 274 g/mol. The summed E-state index contributed by atoms with van der Waals surface area (Å²) in [6, 6.07) is 6.55. The van der Waals surface area contributed by atoms with Crippen LogP contribution in [0.2, 0.25) is 0 Å². The van der Waals surface area contributed by atoms with E-state index in [1.54, 1.807) is 6.07 Å². The van der Waals surface area contributed by atoms with Crippen LogP contribution in [-0.4, -0.2) is 41.1 Å². The lowest BCUT2D eigenvalue weighted by Crippen LogP contribution is -2.43. The number of aromatic carboxylic acids is 1. The molecule has 1 aromatic rings. The molecule has 2 aliphatic rings. The Labute approximate surface area is 119 Å². The summed E-state index contributed by atoms with van der Waals surface area (Å²) >= 11 is 0. The molecule has 0 amide bonds. The van der Waals surface area contributed by atoms with Gasteiger partial charge >= 0.3 is 5.97 Å². The van der Waals surface area contributed by atoms with Crippen molar-refractivity contribution in [2.75, 3.05) is 18.4 Å². The van der Waals surface area contributed by atoms with E-state index in [0.717, 1.165) is 30.6 Å². The van der Waals surface area contributed by atoms with E-state index in [9.17, 15) is 9.90 Å². The van der Waals surface area contributed by atoms with Crippen molar-refractivity contribution in [3.63, 3.8) is 0 Å². The van der Waals surface area contributed by atoms with Gasteiger partial charge in [0.15, 0.2) is 0 Å². The number of hydrogen-bond acceptors (Lipinski definition) is 3. The summed E-state index contributed by atoms with van der Waals surface area (Å²) in [4.78, 5) is 13.9. The van der Waals surface area contributed by atoms with Gasteiger partial charge in [0, 0.05) is 18.6 Å². The molecule has 108 valence electrons. The SMILES string of the molecule is Cc1cccc(C(=O)O)c1NC1CCN2CCCC2C1. The molecule has 2 heterocycles. The normalized spacial score (nSPS) is 26.2. The summed E-state index contributed by atoms with van der Waals surface area (Å²) in [7, 11) is 0. The first-order valence-corrected chi connectivity index (χ1v) is 7.48. The lowest BCUT2D eigenvalue weighted by molar-refractivity contribution is 0.0697. The molecule has 0 radical (unpaired) electrons. The number of piperidine rings is 1. The number of anilines is 1. The molecule has 1 aromatic carbocycles. The molecule has 0 aliphatic carbocycles. The molecule has 0 spiro atoms. The van der Waals surface area contributed by atoms with Crippen molar-refractivity contribution in [3.8, 4) is 0 Å². The molecule has 2 N–H and O–H groups in total. The van der Waals surface area contributed by atoms with Crippen LogP contribution in [0, 0.1) is 6.92 Å². The molecule has 2 aliphatic heterocycles. The van der Waals surface area contributed by atoms with Gasteiger partial charge in [0.2, 0.25) is 0 Å². The maximum atomic E-state index is 11.3. The van der Waals surface area contributed by atoms with Crippen LogP contribution in [0.4, 0.5) is 5.69 Å². The minimum absolute atomic E-state index is 0.388. The van der Waals surface area contributed by atoms with Crippen LogP contribution in [0.3, 0.4) is 0 Å². The Morgan fingerprint density at radius 3 is 3.00 bits per heavy atom. The number of rotatable bonds is 3. The van der Waals surface area contributed by atoms with Crippen molar-refractivity contribution in [3.05, 3.63) is 29.3 Å². The van der Waals surface area contributed by atoms with Crippen molar-refractivity contribution in [2.24, 2.45) is 0 Å². The second kappa shape index (κ2) is 5.44. The highest BCUT2D eigenvalue weighted by Crippen LogP contribution is 2.30. The Hall–Kier alpha value is -1.55. The Morgan fingerprint density at radius 1 is 1.35 bits per heavy atom. The van der Waals surface area contributed by atoms with Gasteiger partial charge in [-0.1, -0.05) is 12.1 Å². The van der Waals surface area contributed by atoms with Crippen LogP contribution in [0.15, 0.2) is 18.2 Å². The molecule has 2 saturated heterocycles. The van der Waals surface area contributed by atoms with Crippen LogP contribution in [0.1, 0.15) is 41.6 Å². The van der Waals surface area contributed by atoms with Gasteiger partial charge in [-0.2, -0.15) is 0 Å². The quantitative estimate of drug-likeness (QED) is 0.890. The Morgan fingerprint density at radius 2 is 2.20 bits per heavy atom. The molecule has 4 nitrogen and oxygen atoms in total.